The highest BCUT2D eigenvalue weighted by Gasteiger charge is 2.33. The summed E-state index contributed by atoms with van der Waals surface area (Å²) in [6.45, 7) is 0.217. The molecular formula is C9H12O3. The number of terminal acetylenes is 1. The van der Waals surface area contributed by atoms with Crippen molar-refractivity contribution in [2.24, 2.45) is 5.92 Å². The van der Waals surface area contributed by atoms with Gasteiger partial charge in [-0.05, 0) is 19.3 Å². The Bertz CT molecular complexity index is 204. The first-order chi connectivity index (χ1) is 5.75. The van der Waals surface area contributed by atoms with Crippen molar-refractivity contribution in [3.63, 3.8) is 0 Å². The van der Waals surface area contributed by atoms with Gasteiger partial charge in [0, 0.05) is 0 Å². The van der Waals surface area contributed by atoms with E-state index in [0.29, 0.717) is 6.42 Å². The molecule has 0 bridgehead atoms. The minimum absolute atomic E-state index is 0.168. The molecule has 1 saturated carbocycles. The number of ether oxygens (including phenoxy) is 1. The lowest BCUT2D eigenvalue weighted by atomic mass is 10.1. The van der Waals surface area contributed by atoms with Crippen LogP contribution in [0.25, 0.3) is 0 Å². The van der Waals surface area contributed by atoms with Crippen molar-refractivity contribution in [1.29, 1.82) is 0 Å². The molecule has 2 atom stereocenters. The van der Waals surface area contributed by atoms with Crippen LogP contribution >= 0.6 is 0 Å². The van der Waals surface area contributed by atoms with Crippen LogP contribution in [0.4, 0.5) is 0 Å². The van der Waals surface area contributed by atoms with Gasteiger partial charge in [0.05, 0.1) is 12.0 Å². The molecule has 3 nitrogen and oxygen atoms in total. The molecule has 0 aliphatic heterocycles. The van der Waals surface area contributed by atoms with Crippen LogP contribution in [-0.2, 0) is 9.53 Å². The van der Waals surface area contributed by atoms with E-state index in [0.717, 1.165) is 12.8 Å². The molecule has 0 amide bonds. The molecular weight excluding hydrogens is 156 g/mol. The maximum absolute atomic E-state index is 10.6. The molecule has 0 spiro atoms. The van der Waals surface area contributed by atoms with Gasteiger partial charge in [0.15, 0.2) is 0 Å². The second-order valence-electron chi connectivity index (χ2n) is 2.93. The molecule has 0 aromatic carbocycles. The van der Waals surface area contributed by atoms with Crippen molar-refractivity contribution >= 4 is 5.97 Å². The Morgan fingerprint density at radius 3 is 3.00 bits per heavy atom. The number of carboxylic acid groups (broad SMARTS) is 1. The highest BCUT2D eigenvalue weighted by molar-refractivity contribution is 5.71. The number of rotatable bonds is 3. The van der Waals surface area contributed by atoms with Crippen LogP contribution in [-0.4, -0.2) is 23.8 Å². The van der Waals surface area contributed by atoms with E-state index in [4.69, 9.17) is 16.3 Å². The summed E-state index contributed by atoms with van der Waals surface area (Å²) in [5.41, 5.74) is 0. The van der Waals surface area contributed by atoms with E-state index in [2.05, 4.69) is 5.92 Å². The molecule has 0 aromatic rings. The van der Waals surface area contributed by atoms with Crippen LogP contribution in [0.3, 0.4) is 0 Å². The number of carbonyl (C=O) groups is 1. The van der Waals surface area contributed by atoms with Gasteiger partial charge < -0.3 is 9.84 Å². The fraction of sp³-hybridized carbons (Fsp3) is 0.667. The number of carboxylic acids is 1. The van der Waals surface area contributed by atoms with Gasteiger partial charge in [-0.1, -0.05) is 5.92 Å². The highest BCUT2D eigenvalue weighted by Crippen LogP contribution is 2.28. The standard InChI is InChI=1S/C9H12O3/c1-2-6-12-8-5-3-4-7(8)9(10)11/h1,7-8H,3-6H2,(H,10,11). The fourth-order valence-electron chi connectivity index (χ4n) is 1.56. The van der Waals surface area contributed by atoms with Gasteiger partial charge in [-0.25, -0.2) is 0 Å². The fourth-order valence-corrected chi connectivity index (χ4v) is 1.56. The normalized spacial score (nSPS) is 28.2. The maximum Gasteiger partial charge on any atom is 0.309 e. The zero-order chi connectivity index (χ0) is 8.97. The monoisotopic (exact) mass is 168 g/mol. The van der Waals surface area contributed by atoms with Gasteiger partial charge in [0.1, 0.15) is 6.61 Å². The summed E-state index contributed by atoms with van der Waals surface area (Å²) < 4.78 is 5.21. The third-order valence-electron chi connectivity index (χ3n) is 2.15. The largest absolute Gasteiger partial charge is 0.481 e. The average molecular weight is 168 g/mol. The van der Waals surface area contributed by atoms with E-state index in [1.807, 2.05) is 0 Å². The van der Waals surface area contributed by atoms with Crippen LogP contribution in [0.15, 0.2) is 0 Å². The van der Waals surface area contributed by atoms with Crippen molar-refractivity contribution < 1.29 is 14.6 Å². The van der Waals surface area contributed by atoms with E-state index in [1.54, 1.807) is 0 Å². The predicted octanol–water partition coefficient (Wildman–Crippen LogP) is 0.889. The molecule has 12 heavy (non-hydrogen) atoms. The molecule has 2 unspecified atom stereocenters. The van der Waals surface area contributed by atoms with E-state index in [9.17, 15) is 4.79 Å². The van der Waals surface area contributed by atoms with Gasteiger partial charge >= 0.3 is 5.97 Å². The summed E-state index contributed by atoms with van der Waals surface area (Å²) in [6.07, 6.45) is 7.29. The van der Waals surface area contributed by atoms with Crippen molar-refractivity contribution in [1.82, 2.24) is 0 Å². The van der Waals surface area contributed by atoms with Crippen LogP contribution < -0.4 is 0 Å². The third-order valence-corrected chi connectivity index (χ3v) is 2.15. The van der Waals surface area contributed by atoms with Crippen LogP contribution in [0.5, 0.6) is 0 Å². The number of hydrogen-bond donors (Lipinski definition) is 1. The van der Waals surface area contributed by atoms with Gasteiger partial charge in [0.25, 0.3) is 0 Å². The van der Waals surface area contributed by atoms with E-state index >= 15 is 0 Å². The smallest absolute Gasteiger partial charge is 0.309 e. The van der Waals surface area contributed by atoms with Gasteiger partial charge in [0.2, 0.25) is 0 Å². The van der Waals surface area contributed by atoms with Gasteiger partial charge in [-0.15, -0.1) is 6.42 Å². The molecule has 66 valence electrons. The highest BCUT2D eigenvalue weighted by atomic mass is 16.5. The summed E-state index contributed by atoms with van der Waals surface area (Å²) in [5, 5.41) is 8.75. The second kappa shape index (κ2) is 4.13. The van der Waals surface area contributed by atoms with E-state index < -0.39 is 5.97 Å². The topological polar surface area (TPSA) is 46.5 Å². The summed E-state index contributed by atoms with van der Waals surface area (Å²) in [6, 6.07) is 0. The molecule has 0 heterocycles. The summed E-state index contributed by atoms with van der Waals surface area (Å²) in [4.78, 5) is 10.6. The molecule has 0 radical (unpaired) electrons. The van der Waals surface area contributed by atoms with Crippen LogP contribution in [0.1, 0.15) is 19.3 Å². The molecule has 1 aliphatic rings. The first-order valence-electron chi connectivity index (χ1n) is 4.03. The Morgan fingerprint density at radius 1 is 1.67 bits per heavy atom. The molecule has 1 N–H and O–H groups in total. The summed E-state index contributed by atoms with van der Waals surface area (Å²) >= 11 is 0. The van der Waals surface area contributed by atoms with Crippen molar-refractivity contribution in [3.05, 3.63) is 0 Å². The molecule has 0 aromatic heterocycles. The Balaban J connectivity index is 2.42. The van der Waals surface area contributed by atoms with Gasteiger partial charge in [-0.2, -0.15) is 0 Å². The Kier molecular flexibility index (Phi) is 3.12. The third kappa shape index (κ3) is 1.99. The molecule has 0 saturated heterocycles. The van der Waals surface area contributed by atoms with Crippen molar-refractivity contribution in [3.8, 4) is 12.3 Å². The summed E-state index contributed by atoms with van der Waals surface area (Å²) in [7, 11) is 0. The lowest BCUT2D eigenvalue weighted by molar-refractivity contribution is -0.145. The first-order valence-corrected chi connectivity index (χ1v) is 4.03. The zero-order valence-corrected chi connectivity index (χ0v) is 6.82. The average Bonchev–Trinajstić information content (AvgIpc) is 2.48. The Hall–Kier alpha value is -1.01. The maximum atomic E-state index is 10.6. The number of aliphatic carboxylic acids is 1. The summed E-state index contributed by atoms with van der Waals surface area (Å²) in [5.74, 6) is 1.22. The lowest BCUT2D eigenvalue weighted by Crippen LogP contribution is -2.25. The van der Waals surface area contributed by atoms with Crippen molar-refractivity contribution in [2.75, 3.05) is 6.61 Å². The molecule has 1 fully saturated rings. The second-order valence-corrected chi connectivity index (χ2v) is 2.93. The molecule has 3 heteroatoms. The molecule has 1 aliphatic carbocycles. The Labute approximate surface area is 71.7 Å². The minimum Gasteiger partial charge on any atom is -0.481 e. The zero-order valence-electron chi connectivity index (χ0n) is 6.82. The van der Waals surface area contributed by atoms with Gasteiger partial charge in [-0.3, -0.25) is 4.79 Å². The van der Waals surface area contributed by atoms with Crippen LogP contribution in [0, 0.1) is 18.3 Å². The van der Waals surface area contributed by atoms with Crippen molar-refractivity contribution in [2.45, 2.75) is 25.4 Å². The predicted molar refractivity (Wildman–Crippen MR) is 43.5 cm³/mol. The lowest BCUT2D eigenvalue weighted by Gasteiger charge is -2.14. The van der Waals surface area contributed by atoms with E-state index in [-0.39, 0.29) is 18.6 Å². The Morgan fingerprint density at radius 2 is 2.42 bits per heavy atom. The quantitative estimate of drug-likeness (QED) is 0.636. The SMILES string of the molecule is C#CCOC1CCCC1C(=O)O. The van der Waals surface area contributed by atoms with E-state index in [1.165, 1.54) is 0 Å². The first kappa shape index (κ1) is 9.08. The number of hydrogen-bond acceptors (Lipinski definition) is 2. The van der Waals surface area contributed by atoms with Crippen LogP contribution in [0.2, 0.25) is 0 Å². The molecule has 1 rings (SSSR count). The minimum atomic E-state index is -0.769.